The molecule has 0 unspecified atom stereocenters. The van der Waals surface area contributed by atoms with Crippen LogP contribution in [0.25, 0.3) is 22.6 Å². The van der Waals surface area contributed by atoms with Crippen LogP contribution in [0.15, 0.2) is 82.1 Å². The first-order valence-corrected chi connectivity index (χ1v) is 10.2. The van der Waals surface area contributed by atoms with E-state index in [1.807, 2.05) is 72.8 Å². The minimum absolute atomic E-state index is 0.0911. The Bertz CT molecular complexity index is 1410. The molecule has 0 aliphatic carbocycles. The van der Waals surface area contributed by atoms with Crippen LogP contribution in [-0.4, -0.2) is 20.7 Å². The number of nitrogens with zero attached hydrogens (tertiary/aromatic N) is 4. The van der Waals surface area contributed by atoms with Crippen LogP contribution in [-0.2, 0) is 0 Å². The number of fused-ring (bicyclic) bond motifs is 8. The normalized spacial score (nSPS) is 16.0. The first kappa shape index (κ1) is 17.3. The van der Waals surface area contributed by atoms with E-state index in [0.29, 0.717) is 28.2 Å². The number of aromatic nitrogens is 3. The van der Waals surface area contributed by atoms with E-state index in [1.165, 1.54) is 0 Å². The van der Waals surface area contributed by atoms with Crippen LogP contribution in [0.2, 0.25) is 0 Å². The van der Waals surface area contributed by atoms with Gasteiger partial charge in [0.05, 0.1) is 5.69 Å². The SMILES string of the molecule is O=C1c2ccccc2[C@@H]2N1c1ccc(Br)cc1-c1nc(=O)c(-c3ccccc3)nn12. The molecular weight excluding hydrogens is 444 g/mol. The number of hydrogen-bond acceptors (Lipinski definition) is 4. The van der Waals surface area contributed by atoms with Gasteiger partial charge < -0.3 is 0 Å². The van der Waals surface area contributed by atoms with Crippen LogP contribution in [0, 0.1) is 0 Å². The zero-order valence-corrected chi connectivity index (χ0v) is 17.1. The maximum absolute atomic E-state index is 13.3. The van der Waals surface area contributed by atoms with Crippen LogP contribution in [0.4, 0.5) is 5.69 Å². The number of amides is 1. The van der Waals surface area contributed by atoms with Crippen molar-refractivity contribution >= 4 is 27.5 Å². The standard InChI is InChI=1S/C23H13BrN4O2/c24-14-10-11-18-17(12-14)20-25-21(29)19(13-6-2-1-3-7-13)26-28(20)22-15-8-4-5-9-16(15)23(30)27(18)22/h1-12,22H/t22-/m1/s1. The summed E-state index contributed by atoms with van der Waals surface area (Å²) in [5.41, 5.74) is 3.42. The van der Waals surface area contributed by atoms with Gasteiger partial charge >= 0.3 is 0 Å². The van der Waals surface area contributed by atoms with Gasteiger partial charge in [0.2, 0.25) is 0 Å². The van der Waals surface area contributed by atoms with Crippen LogP contribution in [0.3, 0.4) is 0 Å². The molecule has 0 bridgehead atoms. The van der Waals surface area contributed by atoms with E-state index in [1.54, 1.807) is 9.58 Å². The highest BCUT2D eigenvalue weighted by Gasteiger charge is 2.44. The summed E-state index contributed by atoms with van der Waals surface area (Å²) in [6, 6.07) is 22.4. The van der Waals surface area contributed by atoms with E-state index >= 15 is 0 Å². The first-order valence-electron chi connectivity index (χ1n) is 9.42. The molecule has 6 rings (SSSR count). The number of carbonyl (C=O) groups excluding carboxylic acids is 1. The van der Waals surface area contributed by atoms with E-state index < -0.39 is 11.7 Å². The number of hydrogen-bond donors (Lipinski definition) is 0. The van der Waals surface area contributed by atoms with Crippen molar-refractivity contribution in [1.29, 1.82) is 0 Å². The highest BCUT2D eigenvalue weighted by atomic mass is 79.9. The van der Waals surface area contributed by atoms with Crippen LogP contribution in [0.5, 0.6) is 0 Å². The second kappa shape index (κ2) is 6.21. The summed E-state index contributed by atoms with van der Waals surface area (Å²) in [5.74, 6) is 0.355. The average molecular weight is 457 g/mol. The largest absolute Gasteiger partial charge is 0.300 e. The second-order valence-corrected chi connectivity index (χ2v) is 8.11. The van der Waals surface area contributed by atoms with Gasteiger partial charge in [0.25, 0.3) is 11.5 Å². The third kappa shape index (κ3) is 2.29. The Kier molecular flexibility index (Phi) is 3.58. The summed E-state index contributed by atoms with van der Waals surface area (Å²) >= 11 is 3.49. The molecule has 1 aromatic heterocycles. The lowest BCUT2D eigenvalue weighted by Crippen LogP contribution is -2.39. The van der Waals surface area contributed by atoms with Gasteiger partial charge in [-0.3, -0.25) is 14.5 Å². The highest BCUT2D eigenvalue weighted by Crippen LogP contribution is 2.47. The zero-order chi connectivity index (χ0) is 20.4. The molecule has 4 aromatic rings. The van der Waals surface area contributed by atoms with Crippen molar-refractivity contribution in [3.8, 4) is 22.6 Å². The predicted octanol–water partition coefficient (Wildman–Crippen LogP) is 4.26. The fourth-order valence-electron chi connectivity index (χ4n) is 4.21. The second-order valence-electron chi connectivity index (χ2n) is 7.20. The van der Waals surface area contributed by atoms with Gasteiger partial charge in [-0.2, -0.15) is 10.1 Å². The minimum Gasteiger partial charge on any atom is -0.280 e. The van der Waals surface area contributed by atoms with Gasteiger partial charge in [-0.05, 0) is 24.3 Å². The Morgan fingerprint density at radius 3 is 2.47 bits per heavy atom. The van der Waals surface area contributed by atoms with Crippen LogP contribution < -0.4 is 10.5 Å². The fraction of sp³-hybridized carbons (Fsp3) is 0.0435. The molecule has 0 saturated carbocycles. The molecule has 0 radical (unpaired) electrons. The predicted molar refractivity (Wildman–Crippen MR) is 116 cm³/mol. The Morgan fingerprint density at radius 2 is 1.63 bits per heavy atom. The Balaban J connectivity index is 1.70. The topological polar surface area (TPSA) is 68.1 Å². The van der Waals surface area contributed by atoms with Gasteiger partial charge in [-0.15, -0.1) is 0 Å². The molecule has 2 aliphatic rings. The summed E-state index contributed by atoms with van der Waals surface area (Å²) in [6.07, 6.45) is -0.493. The van der Waals surface area contributed by atoms with Crippen molar-refractivity contribution in [2.75, 3.05) is 4.90 Å². The molecule has 3 aromatic carbocycles. The van der Waals surface area contributed by atoms with Crippen LogP contribution in [0.1, 0.15) is 22.1 Å². The van der Waals surface area contributed by atoms with E-state index in [2.05, 4.69) is 20.9 Å². The molecule has 144 valence electrons. The number of carbonyl (C=O) groups is 1. The average Bonchev–Trinajstić information content (AvgIpc) is 3.07. The molecule has 0 N–H and O–H groups in total. The monoisotopic (exact) mass is 456 g/mol. The summed E-state index contributed by atoms with van der Waals surface area (Å²) < 4.78 is 2.53. The third-order valence-electron chi connectivity index (χ3n) is 5.51. The van der Waals surface area contributed by atoms with Gasteiger partial charge in [0, 0.05) is 26.7 Å². The molecule has 1 atom stereocenters. The molecule has 3 heterocycles. The Morgan fingerprint density at radius 1 is 0.867 bits per heavy atom. The maximum Gasteiger partial charge on any atom is 0.300 e. The summed E-state index contributed by atoms with van der Waals surface area (Å²) in [5, 5.41) is 4.72. The van der Waals surface area contributed by atoms with E-state index in [-0.39, 0.29) is 11.6 Å². The van der Waals surface area contributed by atoms with E-state index in [4.69, 9.17) is 5.10 Å². The van der Waals surface area contributed by atoms with Crippen molar-refractivity contribution in [1.82, 2.24) is 14.8 Å². The molecule has 1 amide bonds. The molecule has 6 nitrogen and oxygen atoms in total. The zero-order valence-electron chi connectivity index (χ0n) is 15.5. The lowest BCUT2D eigenvalue weighted by Gasteiger charge is -2.34. The molecule has 0 saturated heterocycles. The molecular formula is C23H13BrN4O2. The van der Waals surface area contributed by atoms with Crippen molar-refractivity contribution in [3.63, 3.8) is 0 Å². The number of anilines is 1. The Hall–Kier alpha value is -3.58. The molecule has 2 aliphatic heterocycles. The van der Waals surface area contributed by atoms with Crippen molar-refractivity contribution in [2.24, 2.45) is 0 Å². The lowest BCUT2D eigenvalue weighted by molar-refractivity contribution is 0.0986. The maximum atomic E-state index is 13.3. The van der Waals surface area contributed by atoms with E-state index in [0.717, 1.165) is 10.0 Å². The molecule has 30 heavy (non-hydrogen) atoms. The molecule has 7 heteroatoms. The quantitative estimate of drug-likeness (QED) is 0.429. The van der Waals surface area contributed by atoms with E-state index in [9.17, 15) is 9.59 Å². The highest BCUT2D eigenvalue weighted by molar-refractivity contribution is 9.10. The number of rotatable bonds is 1. The van der Waals surface area contributed by atoms with Crippen LogP contribution >= 0.6 is 15.9 Å². The summed E-state index contributed by atoms with van der Waals surface area (Å²) in [4.78, 5) is 32.4. The fourth-order valence-corrected chi connectivity index (χ4v) is 4.57. The van der Waals surface area contributed by atoms with Crippen molar-refractivity contribution in [3.05, 3.63) is 98.7 Å². The number of benzene rings is 3. The first-order chi connectivity index (χ1) is 14.6. The minimum atomic E-state index is -0.493. The lowest BCUT2D eigenvalue weighted by atomic mass is 10.1. The molecule has 0 fully saturated rings. The van der Waals surface area contributed by atoms with Crippen molar-refractivity contribution < 1.29 is 4.79 Å². The molecule has 0 spiro atoms. The van der Waals surface area contributed by atoms with Gasteiger partial charge in [-0.25, -0.2) is 4.68 Å². The summed E-state index contributed by atoms with van der Waals surface area (Å²) in [6.45, 7) is 0. The van der Waals surface area contributed by atoms with Gasteiger partial charge in [0.15, 0.2) is 17.7 Å². The number of halogens is 1. The van der Waals surface area contributed by atoms with Gasteiger partial charge in [-0.1, -0.05) is 64.5 Å². The smallest absolute Gasteiger partial charge is 0.280 e. The third-order valence-corrected chi connectivity index (χ3v) is 6.00. The van der Waals surface area contributed by atoms with Crippen molar-refractivity contribution in [2.45, 2.75) is 6.17 Å². The Labute approximate surface area is 179 Å². The van der Waals surface area contributed by atoms with Gasteiger partial charge in [0.1, 0.15) is 0 Å². The summed E-state index contributed by atoms with van der Waals surface area (Å²) in [7, 11) is 0.